The van der Waals surface area contributed by atoms with E-state index in [1.54, 1.807) is 24.2 Å². The second kappa shape index (κ2) is 14.1. The van der Waals surface area contributed by atoms with E-state index < -0.39 is 0 Å². The predicted octanol–water partition coefficient (Wildman–Crippen LogP) is 3.87. The molecule has 0 aliphatic carbocycles. The Morgan fingerprint density at radius 1 is 1.20 bits per heavy atom. The molecule has 1 N–H and O–H groups in total. The lowest BCUT2D eigenvalue weighted by Crippen LogP contribution is -2.05. The summed E-state index contributed by atoms with van der Waals surface area (Å²) >= 11 is 5.83. The Labute approximate surface area is 181 Å². The minimum Gasteiger partial charge on any atom is -0.506 e. The molecule has 3 aromatic heterocycles. The number of pyridine rings is 2. The van der Waals surface area contributed by atoms with Gasteiger partial charge in [0.15, 0.2) is 6.29 Å². The molecule has 9 heteroatoms. The van der Waals surface area contributed by atoms with Crippen LogP contribution in [-0.4, -0.2) is 51.5 Å². The smallest absolute Gasteiger partial charge is 0.214 e. The van der Waals surface area contributed by atoms with E-state index >= 15 is 0 Å². The van der Waals surface area contributed by atoms with Gasteiger partial charge in [0.1, 0.15) is 12.4 Å². The Kier molecular flexibility index (Phi) is 11.8. The minimum atomic E-state index is -0.154. The molecule has 3 rings (SSSR count). The molecule has 0 aromatic carbocycles. The molecule has 0 atom stereocenters. The summed E-state index contributed by atoms with van der Waals surface area (Å²) in [7, 11) is 3.45. The molecule has 8 nitrogen and oxygen atoms in total. The Hall–Kier alpha value is -2.97. The van der Waals surface area contributed by atoms with Gasteiger partial charge < -0.3 is 14.6 Å². The molecule has 30 heavy (non-hydrogen) atoms. The molecule has 3 aromatic rings. The summed E-state index contributed by atoms with van der Waals surface area (Å²) < 4.78 is 11.7. The number of aromatic nitrogens is 4. The zero-order valence-electron chi connectivity index (χ0n) is 17.6. The van der Waals surface area contributed by atoms with E-state index in [1.807, 2.05) is 39.1 Å². The van der Waals surface area contributed by atoms with Crippen LogP contribution in [-0.2, 0) is 17.7 Å². The monoisotopic (exact) mass is 434 g/mol. The summed E-state index contributed by atoms with van der Waals surface area (Å²) in [5, 5.41) is 13.2. The number of hydrogen-bond donors (Lipinski definition) is 1. The highest BCUT2D eigenvalue weighted by Gasteiger charge is 2.08. The third-order valence-electron chi connectivity index (χ3n) is 3.65. The van der Waals surface area contributed by atoms with E-state index in [9.17, 15) is 4.79 Å². The number of halogens is 1. The van der Waals surface area contributed by atoms with Crippen LogP contribution in [0.4, 0.5) is 0 Å². The summed E-state index contributed by atoms with van der Waals surface area (Å²) in [6.07, 6.45) is 5.23. The van der Waals surface area contributed by atoms with Crippen LogP contribution in [0.25, 0.3) is 11.4 Å². The molecule has 0 aliphatic rings. The number of aldehydes is 1. The highest BCUT2D eigenvalue weighted by molar-refractivity contribution is 6.17. The summed E-state index contributed by atoms with van der Waals surface area (Å²) in [4.78, 5) is 18.5. The Morgan fingerprint density at radius 3 is 2.57 bits per heavy atom. The topological polar surface area (TPSA) is 99.4 Å². The average molecular weight is 435 g/mol. The van der Waals surface area contributed by atoms with Crippen LogP contribution in [0.2, 0.25) is 0 Å². The average Bonchev–Trinajstić information content (AvgIpc) is 3.22. The highest BCUT2D eigenvalue weighted by atomic mass is 35.5. The van der Waals surface area contributed by atoms with Gasteiger partial charge in [-0.3, -0.25) is 14.5 Å². The van der Waals surface area contributed by atoms with E-state index in [1.165, 1.54) is 12.3 Å². The molecule has 0 radical (unpaired) electrons. The van der Waals surface area contributed by atoms with Crippen LogP contribution < -0.4 is 4.74 Å². The number of aryl methyl sites for hydroxylation is 1. The molecule has 0 saturated heterocycles. The summed E-state index contributed by atoms with van der Waals surface area (Å²) in [6.45, 7) is 4.80. The second-order valence-electron chi connectivity index (χ2n) is 5.53. The van der Waals surface area contributed by atoms with Crippen molar-refractivity contribution in [3.05, 3.63) is 54.0 Å². The van der Waals surface area contributed by atoms with Crippen molar-refractivity contribution in [2.75, 3.05) is 20.3 Å². The Balaban J connectivity index is 0.000000277. The lowest BCUT2D eigenvalue weighted by Gasteiger charge is -2.05. The predicted molar refractivity (Wildman–Crippen MR) is 116 cm³/mol. The number of methoxy groups -OCH3 is 1. The van der Waals surface area contributed by atoms with Crippen molar-refractivity contribution < 1.29 is 19.4 Å². The maximum Gasteiger partial charge on any atom is 0.214 e. The van der Waals surface area contributed by atoms with Gasteiger partial charge in [-0.1, -0.05) is 19.9 Å². The number of hydrogen-bond acceptors (Lipinski definition) is 7. The first-order valence-corrected chi connectivity index (χ1v) is 9.88. The van der Waals surface area contributed by atoms with Gasteiger partial charge in [0.05, 0.1) is 29.8 Å². The van der Waals surface area contributed by atoms with E-state index in [2.05, 4.69) is 15.1 Å². The van der Waals surface area contributed by atoms with Crippen molar-refractivity contribution in [3.63, 3.8) is 0 Å². The van der Waals surface area contributed by atoms with Crippen LogP contribution >= 0.6 is 11.6 Å². The van der Waals surface area contributed by atoms with E-state index in [0.29, 0.717) is 31.3 Å². The number of ether oxygens (including phenoxy) is 2. The molecule has 0 spiro atoms. The van der Waals surface area contributed by atoms with Crippen molar-refractivity contribution in [2.45, 2.75) is 19.7 Å². The van der Waals surface area contributed by atoms with Gasteiger partial charge in [0.2, 0.25) is 5.88 Å². The first-order valence-electron chi connectivity index (χ1n) is 9.34. The lowest BCUT2D eigenvalue weighted by molar-refractivity contribution is 0.111. The Morgan fingerprint density at radius 2 is 1.97 bits per heavy atom. The number of rotatable bonds is 7. The fraction of sp³-hybridized carbons (Fsp3) is 0.333. The van der Waals surface area contributed by atoms with Gasteiger partial charge in [0.25, 0.3) is 0 Å². The van der Waals surface area contributed by atoms with E-state index in [0.717, 1.165) is 17.0 Å². The fourth-order valence-corrected chi connectivity index (χ4v) is 2.45. The van der Waals surface area contributed by atoms with E-state index in [-0.39, 0.29) is 11.3 Å². The van der Waals surface area contributed by atoms with Crippen LogP contribution in [0.15, 0.2) is 42.9 Å². The fourth-order valence-electron chi connectivity index (χ4n) is 2.23. The molecule has 3 heterocycles. The summed E-state index contributed by atoms with van der Waals surface area (Å²) in [5.41, 5.74) is 3.08. The summed E-state index contributed by atoms with van der Waals surface area (Å²) in [6, 6.07) is 7.16. The zero-order chi connectivity index (χ0) is 22.4. The van der Waals surface area contributed by atoms with Crippen molar-refractivity contribution in [2.24, 2.45) is 7.05 Å². The third kappa shape index (κ3) is 7.46. The molecular formula is C21H27ClN4O4. The third-order valence-corrected chi connectivity index (χ3v) is 3.94. The first kappa shape index (κ1) is 25.1. The van der Waals surface area contributed by atoms with E-state index in [4.69, 9.17) is 26.2 Å². The van der Waals surface area contributed by atoms with Crippen LogP contribution in [0.1, 0.15) is 29.8 Å². The van der Waals surface area contributed by atoms with Crippen molar-refractivity contribution in [1.29, 1.82) is 0 Å². The highest BCUT2D eigenvalue weighted by Crippen LogP contribution is 2.21. The van der Waals surface area contributed by atoms with Gasteiger partial charge in [0, 0.05) is 38.5 Å². The number of nitrogens with zero attached hydrogens (tertiary/aromatic N) is 4. The zero-order valence-corrected chi connectivity index (χ0v) is 18.3. The first-order chi connectivity index (χ1) is 14.6. The Bertz CT molecular complexity index is 902. The molecule has 0 bridgehead atoms. The molecule has 0 saturated carbocycles. The molecule has 0 unspecified atom stereocenters. The maximum atomic E-state index is 10.4. The van der Waals surface area contributed by atoms with Gasteiger partial charge in [-0.25, -0.2) is 4.98 Å². The number of alkyl halides is 1. The maximum absolute atomic E-state index is 10.4. The molecular weight excluding hydrogens is 408 g/mol. The number of aromatic hydroxyl groups is 1. The molecule has 162 valence electrons. The molecule has 0 amide bonds. The number of carbonyl (C=O) groups is 1. The van der Waals surface area contributed by atoms with Crippen LogP contribution in [0, 0.1) is 0 Å². The van der Waals surface area contributed by atoms with Gasteiger partial charge in [-0.15, -0.1) is 11.6 Å². The summed E-state index contributed by atoms with van der Waals surface area (Å²) in [5.74, 6) is 0.606. The normalized spacial score (nSPS) is 9.63. The largest absolute Gasteiger partial charge is 0.506 e. The van der Waals surface area contributed by atoms with Gasteiger partial charge in [-0.2, -0.15) is 5.10 Å². The van der Waals surface area contributed by atoms with Crippen LogP contribution in [0.5, 0.6) is 11.6 Å². The van der Waals surface area contributed by atoms with Gasteiger partial charge in [-0.05, 0) is 17.7 Å². The number of carbonyl (C=O) groups excluding carboxylic acids is 1. The quantitative estimate of drug-likeness (QED) is 0.342. The van der Waals surface area contributed by atoms with Crippen molar-refractivity contribution in [1.82, 2.24) is 19.7 Å². The van der Waals surface area contributed by atoms with Crippen molar-refractivity contribution in [3.8, 4) is 23.0 Å². The lowest BCUT2D eigenvalue weighted by atomic mass is 10.1. The standard InChI is InChI=1S/C10H10ClN3.C9H11NO4.C2H6/c1-14-9(4-6-13-14)10-8(7-11)3-2-5-12-10;1-13-2-3-14-9-4-7(6-11)8(12)5-10-9;1-2/h2-6H,7H2,1H3;4-6,12H,2-3H2,1H3;1-2H3. The SMILES string of the molecule is CC.COCCOc1cc(C=O)c(O)cn1.Cn1nccc1-c1ncccc1CCl. The second-order valence-corrected chi connectivity index (χ2v) is 5.79. The molecule has 0 fully saturated rings. The van der Waals surface area contributed by atoms with Gasteiger partial charge >= 0.3 is 0 Å². The van der Waals surface area contributed by atoms with Crippen LogP contribution in [0.3, 0.4) is 0 Å². The minimum absolute atomic E-state index is 0.154. The molecule has 0 aliphatic heterocycles. The van der Waals surface area contributed by atoms with Crippen molar-refractivity contribution >= 4 is 17.9 Å².